The minimum absolute atomic E-state index is 0.287. The summed E-state index contributed by atoms with van der Waals surface area (Å²) in [6.45, 7) is 6.19. The summed E-state index contributed by atoms with van der Waals surface area (Å²) >= 11 is 0. The number of para-hydroxylation sites is 1. The largest absolute Gasteiger partial charge is 0.507 e. The maximum absolute atomic E-state index is 9.96. The van der Waals surface area contributed by atoms with Crippen LogP contribution in [-0.2, 0) is 0 Å². The first-order valence-corrected chi connectivity index (χ1v) is 8.87. The summed E-state index contributed by atoms with van der Waals surface area (Å²) < 4.78 is 0. The highest BCUT2D eigenvalue weighted by molar-refractivity contribution is 5.76. The van der Waals surface area contributed by atoms with Crippen LogP contribution < -0.4 is 5.32 Å². The molecule has 0 bridgehead atoms. The molecule has 0 heterocycles. The topological polar surface area (TPSA) is 32.3 Å². The lowest BCUT2D eigenvalue weighted by Gasteiger charge is -2.06. The molecule has 0 saturated carbocycles. The molecule has 0 radical (unpaired) electrons. The second kappa shape index (κ2) is 8.72. The molecule has 2 heteroatoms. The van der Waals surface area contributed by atoms with Crippen LogP contribution in [0.4, 0.5) is 5.69 Å². The summed E-state index contributed by atoms with van der Waals surface area (Å²) in [5, 5.41) is 13.2. The Kier molecular flexibility index (Phi) is 5.91. The molecule has 3 aromatic carbocycles. The fourth-order valence-electron chi connectivity index (χ4n) is 2.70. The number of anilines is 1. The van der Waals surface area contributed by atoms with E-state index in [0.29, 0.717) is 0 Å². The summed E-state index contributed by atoms with van der Waals surface area (Å²) in [7, 11) is 0. The summed E-state index contributed by atoms with van der Waals surface area (Å²) in [4.78, 5) is 0. The number of nitrogens with one attached hydrogen (secondary N) is 1. The first kappa shape index (κ1) is 18.3. The lowest BCUT2D eigenvalue weighted by Crippen LogP contribution is -1.86. The average Bonchev–Trinajstić information content (AvgIpc) is 2.69. The second-order valence-electron chi connectivity index (χ2n) is 6.35. The minimum Gasteiger partial charge on any atom is -0.507 e. The van der Waals surface area contributed by atoms with Gasteiger partial charge in [-0.2, -0.15) is 0 Å². The fraction of sp³-hybridized carbons (Fsp3) is 0.0400. The first-order chi connectivity index (χ1) is 13.1. The Labute approximate surface area is 160 Å². The summed E-state index contributed by atoms with van der Waals surface area (Å²) in [5.41, 5.74) is 6.09. The molecule has 3 aromatic rings. The quantitative estimate of drug-likeness (QED) is 0.492. The number of phenolic OH excluding ortho intramolecular Hbond substituents is 1. The van der Waals surface area contributed by atoms with Crippen LogP contribution in [0.15, 0.2) is 104 Å². The number of hydrogen-bond acceptors (Lipinski definition) is 2. The van der Waals surface area contributed by atoms with E-state index in [4.69, 9.17) is 0 Å². The van der Waals surface area contributed by atoms with Crippen LogP contribution in [0.3, 0.4) is 0 Å². The predicted molar refractivity (Wildman–Crippen MR) is 116 cm³/mol. The molecule has 0 aliphatic heterocycles. The normalized spacial score (nSPS) is 11.1. The van der Waals surface area contributed by atoms with Gasteiger partial charge in [0.15, 0.2) is 0 Å². The van der Waals surface area contributed by atoms with E-state index in [-0.39, 0.29) is 5.75 Å². The minimum atomic E-state index is 0.287. The van der Waals surface area contributed by atoms with Crippen molar-refractivity contribution in [1.29, 1.82) is 0 Å². The van der Waals surface area contributed by atoms with Gasteiger partial charge in [-0.3, -0.25) is 0 Å². The van der Waals surface area contributed by atoms with Crippen LogP contribution in [0.2, 0.25) is 0 Å². The van der Waals surface area contributed by atoms with Crippen molar-refractivity contribution in [3.8, 4) is 16.9 Å². The van der Waals surface area contributed by atoms with Gasteiger partial charge in [-0.05, 0) is 47.9 Å². The van der Waals surface area contributed by atoms with Crippen molar-refractivity contribution in [2.24, 2.45) is 0 Å². The van der Waals surface area contributed by atoms with E-state index in [0.717, 1.165) is 28.0 Å². The van der Waals surface area contributed by atoms with E-state index in [1.165, 1.54) is 5.56 Å². The Morgan fingerprint density at radius 1 is 0.889 bits per heavy atom. The highest BCUT2D eigenvalue weighted by Gasteiger charge is 2.03. The van der Waals surface area contributed by atoms with Crippen molar-refractivity contribution in [3.05, 3.63) is 115 Å². The van der Waals surface area contributed by atoms with E-state index in [9.17, 15) is 5.11 Å². The fourth-order valence-corrected chi connectivity index (χ4v) is 2.70. The van der Waals surface area contributed by atoms with E-state index in [1.54, 1.807) is 6.07 Å². The molecule has 0 unspecified atom stereocenters. The van der Waals surface area contributed by atoms with Crippen LogP contribution >= 0.6 is 0 Å². The van der Waals surface area contributed by atoms with Gasteiger partial charge in [-0.1, -0.05) is 78.9 Å². The van der Waals surface area contributed by atoms with Crippen molar-refractivity contribution >= 4 is 11.3 Å². The van der Waals surface area contributed by atoms with Gasteiger partial charge < -0.3 is 10.4 Å². The average molecular weight is 353 g/mol. The van der Waals surface area contributed by atoms with Gasteiger partial charge in [-0.15, -0.1) is 0 Å². The molecule has 0 fully saturated rings. The Morgan fingerprint density at radius 2 is 1.59 bits per heavy atom. The van der Waals surface area contributed by atoms with Crippen LogP contribution in [0.1, 0.15) is 11.1 Å². The van der Waals surface area contributed by atoms with Crippen molar-refractivity contribution in [2.75, 3.05) is 5.32 Å². The summed E-state index contributed by atoms with van der Waals surface area (Å²) in [6, 6.07) is 23.6. The Balaban J connectivity index is 1.59. The van der Waals surface area contributed by atoms with E-state index in [1.807, 2.05) is 66.9 Å². The number of allylic oxidation sites excluding steroid dienone is 4. The molecule has 134 valence electrons. The number of aromatic hydroxyl groups is 1. The first-order valence-electron chi connectivity index (χ1n) is 8.87. The van der Waals surface area contributed by atoms with Crippen LogP contribution in [0.25, 0.3) is 16.7 Å². The Bertz CT molecular complexity index is 964. The molecule has 3 rings (SSSR count). The van der Waals surface area contributed by atoms with Gasteiger partial charge in [0.2, 0.25) is 0 Å². The molecular weight excluding hydrogens is 330 g/mol. The Hall–Kier alpha value is -3.52. The highest BCUT2D eigenvalue weighted by Crippen LogP contribution is 2.29. The molecule has 0 aliphatic carbocycles. The van der Waals surface area contributed by atoms with Crippen molar-refractivity contribution in [2.45, 2.75) is 6.92 Å². The van der Waals surface area contributed by atoms with Gasteiger partial charge >= 0.3 is 0 Å². The molecule has 0 saturated heterocycles. The SMILES string of the molecule is C=C(/C=C\C=C/Nc1ccc(C)cc1)c1ccc(-c2ccccc2O)cc1. The number of hydrogen-bond donors (Lipinski definition) is 2. The number of aryl methyl sites for hydroxylation is 1. The zero-order chi connectivity index (χ0) is 19.1. The van der Waals surface area contributed by atoms with E-state index < -0.39 is 0 Å². The second-order valence-corrected chi connectivity index (χ2v) is 6.35. The highest BCUT2D eigenvalue weighted by atomic mass is 16.3. The third-order valence-electron chi connectivity index (χ3n) is 4.28. The number of benzene rings is 3. The molecule has 0 amide bonds. The van der Waals surface area contributed by atoms with Crippen LogP contribution in [-0.4, -0.2) is 5.11 Å². The lowest BCUT2D eigenvalue weighted by molar-refractivity contribution is 0.477. The third kappa shape index (κ3) is 4.99. The van der Waals surface area contributed by atoms with Gasteiger partial charge in [0.1, 0.15) is 5.75 Å². The summed E-state index contributed by atoms with van der Waals surface area (Å²) in [6.07, 6.45) is 7.78. The molecule has 0 atom stereocenters. The maximum Gasteiger partial charge on any atom is 0.123 e. The molecular formula is C25H23NO. The molecule has 0 aliphatic rings. The van der Waals surface area contributed by atoms with Gasteiger partial charge in [-0.25, -0.2) is 0 Å². The van der Waals surface area contributed by atoms with Gasteiger partial charge in [0.05, 0.1) is 0 Å². The summed E-state index contributed by atoms with van der Waals surface area (Å²) in [5.74, 6) is 0.287. The van der Waals surface area contributed by atoms with Gasteiger partial charge in [0.25, 0.3) is 0 Å². The molecule has 2 N–H and O–H groups in total. The standard InChI is InChI=1S/C25H23NO/c1-19-10-16-23(17-11-19)26-18-6-5-7-20(2)21-12-14-22(15-13-21)24-8-3-4-9-25(24)27/h3-18,26-27H,2H2,1H3/b7-5-,18-6-. The molecule has 27 heavy (non-hydrogen) atoms. The smallest absolute Gasteiger partial charge is 0.123 e. The van der Waals surface area contributed by atoms with Crippen LogP contribution in [0, 0.1) is 6.92 Å². The maximum atomic E-state index is 9.96. The van der Waals surface area contributed by atoms with E-state index >= 15 is 0 Å². The predicted octanol–water partition coefficient (Wildman–Crippen LogP) is 6.56. The number of rotatable bonds is 6. The zero-order valence-corrected chi connectivity index (χ0v) is 15.4. The number of phenols is 1. The van der Waals surface area contributed by atoms with Crippen LogP contribution in [0.5, 0.6) is 5.75 Å². The van der Waals surface area contributed by atoms with Crippen molar-refractivity contribution in [1.82, 2.24) is 0 Å². The van der Waals surface area contributed by atoms with E-state index in [2.05, 4.69) is 43.1 Å². The zero-order valence-electron chi connectivity index (χ0n) is 15.4. The van der Waals surface area contributed by atoms with Gasteiger partial charge in [0, 0.05) is 17.5 Å². The third-order valence-corrected chi connectivity index (χ3v) is 4.28. The monoisotopic (exact) mass is 353 g/mol. The Morgan fingerprint density at radius 3 is 2.30 bits per heavy atom. The molecule has 0 spiro atoms. The van der Waals surface area contributed by atoms with Crippen molar-refractivity contribution in [3.63, 3.8) is 0 Å². The molecule has 2 nitrogen and oxygen atoms in total. The molecule has 0 aromatic heterocycles. The van der Waals surface area contributed by atoms with Crippen molar-refractivity contribution < 1.29 is 5.11 Å². The lowest BCUT2D eigenvalue weighted by atomic mass is 10.0.